The first-order valence-corrected chi connectivity index (χ1v) is 13.0. The number of carbonyl (C=O) groups is 2. The van der Waals surface area contributed by atoms with Crippen LogP contribution in [0.5, 0.6) is 0 Å². The summed E-state index contributed by atoms with van der Waals surface area (Å²) in [6, 6.07) is 5.50. The summed E-state index contributed by atoms with van der Waals surface area (Å²) < 4.78 is 131. The zero-order valence-corrected chi connectivity index (χ0v) is 21.8. The van der Waals surface area contributed by atoms with Gasteiger partial charge in [-0.25, -0.2) is 36.2 Å². The molecule has 0 spiro atoms. The summed E-state index contributed by atoms with van der Waals surface area (Å²) in [6.45, 7) is 1.83. The van der Waals surface area contributed by atoms with Crippen LogP contribution in [0.1, 0.15) is 24.2 Å². The number of alkyl halides is 6. The Balaban J connectivity index is 0.000000367. The predicted molar refractivity (Wildman–Crippen MR) is 126 cm³/mol. The van der Waals surface area contributed by atoms with Gasteiger partial charge in [-0.05, 0) is 29.8 Å². The van der Waals surface area contributed by atoms with Crippen molar-refractivity contribution in [1.29, 1.82) is 0 Å². The topological polar surface area (TPSA) is 153 Å². The molecule has 232 valence electrons. The number of fused-ring (bicyclic) bond motifs is 3. The third-order valence-electron chi connectivity index (χ3n) is 5.77. The number of benzene rings is 2. The highest BCUT2D eigenvalue weighted by molar-refractivity contribution is 7.91. The van der Waals surface area contributed by atoms with Gasteiger partial charge in [0.15, 0.2) is 21.5 Å². The molecule has 0 fully saturated rings. The fourth-order valence-corrected chi connectivity index (χ4v) is 4.62. The van der Waals surface area contributed by atoms with E-state index in [2.05, 4.69) is 4.98 Å². The summed E-state index contributed by atoms with van der Waals surface area (Å²) in [5, 5.41) is 14.2. The van der Waals surface area contributed by atoms with E-state index in [1.54, 1.807) is 19.1 Å². The minimum absolute atomic E-state index is 0.0129. The van der Waals surface area contributed by atoms with Crippen molar-refractivity contribution in [3.05, 3.63) is 59.2 Å². The van der Waals surface area contributed by atoms with Crippen LogP contribution in [-0.4, -0.2) is 64.3 Å². The zero-order valence-electron chi connectivity index (χ0n) is 21.0. The Hall–Kier alpha value is -3.87. The molecule has 0 saturated heterocycles. The number of carboxylic acid groups (broad SMARTS) is 2. The molecule has 0 amide bonds. The normalized spacial score (nSPS) is 16.9. The largest absolute Gasteiger partial charge is 0.490 e. The quantitative estimate of drug-likeness (QED) is 0.286. The number of nitrogens with two attached hydrogens (primary N) is 1. The molecule has 19 heteroatoms. The van der Waals surface area contributed by atoms with E-state index in [0.29, 0.717) is 22.9 Å². The van der Waals surface area contributed by atoms with Crippen LogP contribution in [0.3, 0.4) is 0 Å². The number of sulfone groups is 1. The van der Waals surface area contributed by atoms with Gasteiger partial charge in [0.2, 0.25) is 0 Å². The Kier molecular flexibility index (Phi) is 10.3. The van der Waals surface area contributed by atoms with E-state index in [0.717, 1.165) is 6.07 Å². The lowest BCUT2D eigenvalue weighted by Crippen LogP contribution is -2.39. The van der Waals surface area contributed by atoms with Gasteiger partial charge in [-0.1, -0.05) is 6.92 Å². The third kappa shape index (κ3) is 8.11. The highest BCUT2D eigenvalue weighted by Crippen LogP contribution is 2.34. The van der Waals surface area contributed by atoms with Crippen molar-refractivity contribution >= 4 is 32.8 Å². The summed E-state index contributed by atoms with van der Waals surface area (Å²) in [7, 11) is -3.37. The maximum atomic E-state index is 14.2. The molecule has 9 nitrogen and oxygen atoms in total. The first kappa shape index (κ1) is 34.3. The lowest BCUT2D eigenvalue weighted by Gasteiger charge is -2.30. The van der Waals surface area contributed by atoms with Gasteiger partial charge in [0.05, 0.1) is 21.7 Å². The van der Waals surface area contributed by atoms with Crippen molar-refractivity contribution < 1.29 is 67.7 Å². The Labute approximate surface area is 230 Å². The maximum Gasteiger partial charge on any atom is 0.490 e. The van der Waals surface area contributed by atoms with Crippen molar-refractivity contribution in [2.75, 3.05) is 5.75 Å². The molecular weight excluding hydrogens is 617 g/mol. The van der Waals surface area contributed by atoms with Crippen molar-refractivity contribution in [2.24, 2.45) is 5.73 Å². The minimum Gasteiger partial charge on any atom is -0.475 e. The van der Waals surface area contributed by atoms with Gasteiger partial charge < -0.3 is 20.5 Å². The lowest BCUT2D eigenvalue weighted by molar-refractivity contribution is -0.193. The van der Waals surface area contributed by atoms with Crippen LogP contribution in [-0.2, 0) is 32.4 Å². The number of rotatable bonds is 3. The first-order chi connectivity index (χ1) is 19.1. The summed E-state index contributed by atoms with van der Waals surface area (Å²) in [4.78, 5) is 22.5. The SMILES string of the molecule is CCS(=O)(=O)c1ccc2nc3n(c2c1)C[C@H](N)[C@@H](c1cc(F)c(F)cc1F)C3.O=C(O)C(F)(F)F.O=C(O)C(F)(F)F. The van der Waals surface area contributed by atoms with Crippen LogP contribution in [0.15, 0.2) is 35.2 Å². The van der Waals surface area contributed by atoms with E-state index in [4.69, 9.17) is 25.5 Å². The molecule has 1 aliphatic rings. The van der Waals surface area contributed by atoms with E-state index >= 15 is 0 Å². The summed E-state index contributed by atoms with van der Waals surface area (Å²) in [6.07, 6.45) is -9.94. The lowest BCUT2D eigenvalue weighted by atomic mass is 9.86. The van der Waals surface area contributed by atoms with Crippen LogP contribution in [0.2, 0.25) is 0 Å². The Morgan fingerprint density at radius 2 is 1.45 bits per heavy atom. The van der Waals surface area contributed by atoms with E-state index in [9.17, 15) is 47.9 Å². The first-order valence-electron chi connectivity index (χ1n) is 11.3. The van der Waals surface area contributed by atoms with Crippen LogP contribution in [0, 0.1) is 17.5 Å². The van der Waals surface area contributed by atoms with Gasteiger partial charge in [-0.15, -0.1) is 0 Å². The van der Waals surface area contributed by atoms with E-state index in [1.165, 1.54) is 6.07 Å². The molecule has 4 rings (SSSR count). The molecule has 0 unspecified atom stereocenters. The second-order valence-corrected chi connectivity index (χ2v) is 10.8. The van der Waals surface area contributed by atoms with E-state index < -0.39 is 63.5 Å². The Morgan fingerprint density at radius 1 is 0.952 bits per heavy atom. The Bertz CT molecular complexity index is 1560. The molecule has 0 saturated carbocycles. The van der Waals surface area contributed by atoms with Crippen LogP contribution < -0.4 is 5.73 Å². The average molecular weight is 637 g/mol. The van der Waals surface area contributed by atoms with Gasteiger partial charge >= 0.3 is 24.3 Å². The van der Waals surface area contributed by atoms with Crippen molar-refractivity contribution in [3.8, 4) is 0 Å². The molecule has 2 heterocycles. The van der Waals surface area contributed by atoms with Crippen LogP contribution in [0.4, 0.5) is 39.5 Å². The molecule has 0 radical (unpaired) electrons. The fraction of sp³-hybridized carbons (Fsp3) is 0.348. The molecule has 3 aromatic rings. The standard InChI is InChI=1S/C19H18F3N3O2S.2C2HF3O2/c1-2-28(26,27)10-3-4-17-18(5-10)25-9-16(23)12(7-19(25)24-17)11-6-14(21)15(22)8-13(11)20;2*3-2(4,5)1(6)7/h3-6,8,12,16H,2,7,9,23H2,1H3;2*(H,6,7)/t12-,16+;;/m1../s1. The second-order valence-electron chi connectivity index (χ2n) is 8.56. The maximum absolute atomic E-state index is 14.2. The summed E-state index contributed by atoms with van der Waals surface area (Å²) in [5.41, 5.74) is 7.48. The molecule has 2 aromatic carbocycles. The Morgan fingerprint density at radius 3 is 1.93 bits per heavy atom. The second kappa shape index (κ2) is 12.6. The number of hydrogen-bond acceptors (Lipinski definition) is 6. The molecule has 42 heavy (non-hydrogen) atoms. The van der Waals surface area contributed by atoms with E-state index in [-0.39, 0.29) is 29.2 Å². The molecule has 0 bridgehead atoms. The van der Waals surface area contributed by atoms with Crippen molar-refractivity contribution in [2.45, 2.75) is 49.1 Å². The van der Waals surface area contributed by atoms with Gasteiger partial charge in [-0.3, -0.25) is 0 Å². The zero-order chi connectivity index (χ0) is 32.4. The number of aromatic nitrogens is 2. The smallest absolute Gasteiger partial charge is 0.475 e. The number of nitrogens with zero attached hydrogens (tertiary/aromatic N) is 2. The average Bonchev–Trinajstić information content (AvgIpc) is 3.22. The van der Waals surface area contributed by atoms with E-state index in [1.807, 2.05) is 4.57 Å². The fourth-order valence-electron chi connectivity index (χ4n) is 3.72. The van der Waals surface area contributed by atoms with Crippen molar-refractivity contribution in [1.82, 2.24) is 9.55 Å². The van der Waals surface area contributed by atoms with Gasteiger partial charge in [0.1, 0.15) is 11.6 Å². The molecule has 4 N–H and O–H groups in total. The molecular formula is C23H20F9N3O6S. The predicted octanol–water partition coefficient (Wildman–Crippen LogP) is 4.18. The number of aliphatic carboxylic acids is 2. The van der Waals surface area contributed by atoms with Crippen molar-refractivity contribution in [3.63, 3.8) is 0 Å². The molecule has 1 aromatic heterocycles. The van der Waals surface area contributed by atoms with Crippen LogP contribution >= 0.6 is 0 Å². The van der Waals surface area contributed by atoms with Gasteiger partial charge in [0.25, 0.3) is 0 Å². The number of hydrogen-bond donors (Lipinski definition) is 3. The van der Waals surface area contributed by atoms with Gasteiger partial charge in [0, 0.05) is 31.0 Å². The minimum atomic E-state index is -5.08. The van der Waals surface area contributed by atoms with Gasteiger partial charge in [-0.2, -0.15) is 26.3 Å². The summed E-state index contributed by atoms with van der Waals surface area (Å²) >= 11 is 0. The highest BCUT2D eigenvalue weighted by Gasteiger charge is 2.39. The highest BCUT2D eigenvalue weighted by atomic mass is 32.2. The number of carboxylic acids is 2. The van der Waals surface area contributed by atoms with Crippen LogP contribution in [0.25, 0.3) is 11.0 Å². The number of imidazole rings is 1. The monoisotopic (exact) mass is 637 g/mol. The summed E-state index contributed by atoms with van der Waals surface area (Å²) in [5.74, 6) is -8.73. The molecule has 1 aliphatic heterocycles. The third-order valence-corrected chi connectivity index (χ3v) is 7.51. The molecule has 0 aliphatic carbocycles. The molecule has 2 atom stereocenters. The number of halogens is 9.